The summed E-state index contributed by atoms with van der Waals surface area (Å²) in [6.07, 6.45) is 0. The molecule has 0 aliphatic heterocycles. The maximum Gasteiger partial charge on any atom is 0.0485 e. The van der Waals surface area contributed by atoms with Gasteiger partial charge in [-0.25, -0.2) is 0 Å². The van der Waals surface area contributed by atoms with Gasteiger partial charge in [0.1, 0.15) is 0 Å². The van der Waals surface area contributed by atoms with Gasteiger partial charge in [-0.15, -0.1) is 0 Å². The normalized spacial score (nSPS) is 10.4. The lowest BCUT2D eigenvalue weighted by atomic mass is 10.1. The number of nitrogens with one attached hydrogen (secondary N) is 1. The number of anilines is 2. The van der Waals surface area contributed by atoms with Gasteiger partial charge in [0, 0.05) is 36.0 Å². The summed E-state index contributed by atoms with van der Waals surface area (Å²) >= 11 is 3.55. The molecule has 0 spiro atoms. The van der Waals surface area contributed by atoms with Crippen molar-refractivity contribution in [3.8, 4) is 0 Å². The number of hydrogen-bond acceptors (Lipinski definition) is 2. The predicted molar refractivity (Wildman–Crippen MR) is 91.8 cm³/mol. The smallest absolute Gasteiger partial charge is 0.0485 e. The highest BCUT2D eigenvalue weighted by Crippen LogP contribution is 2.22. The third-order valence-corrected chi connectivity index (χ3v) is 4.09. The fourth-order valence-electron chi connectivity index (χ4n) is 2.32. The van der Waals surface area contributed by atoms with E-state index in [1.165, 1.54) is 16.8 Å². The van der Waals surface area contributed by atoms with Gasteiger partial charge in [0.05, 0.1) is 0 Å². The zero-order valence-electron chi connectivity index (χ0n) is 12.3. The lowest BCUT2D eigenvalue weighted by Gasteiger charge is -2.22. The van der Waals surface area contributed by atoms with Crippen molar-refractivity contribution in [2.24, 2.45) is 0 Å². The minimum atomic E-state index is 0.909. The van der Waals surface area contributed by atoms with Crippen LogP contribution in [0, 0.1) is 13.8 Å². The summed E-state index contributed by atoms with van der Waals surface area (Å²) in [5.41, 5.74) is 5.07. The van der Waals surface area contributed by atoms with Crippen LogP contribution in [0.1, 0.15) is 11.1 Å². The summed E-state index contributed by atoms with van der Waals surface area (Å²) < 4.78 is 1.11. The average molecular weight is 333 g/mol. The molecule has 0 radical (unpaired) electrons. The zero-order chi connectivity index (χ0) is 14.5. The average Bonchev–Trinajstić information content (AvgIpc) is 2.40. The van der Waals surface area contributed by atoms with Gasteiger partial charge in [-0.05, 0) is 53.5 Å². The molecule has 2 rings (SSSR count). The molecular weight excluding hydrogens is 312 g/mol. The Bertz CT molecular complexity index is 581. The molecule has 20 heavy (non-hydrogen) atoms. The van der Waals surface area contributed by atoms with Gasteiger partial charge < -0.3 is 10.2 Å². The van der Waals surface area contributed by atoms with Gasteiger partial charge in [0.2, 0.25) is 0 Å². The molecule has 106 valence electrons. The molecule has 2 aromatic carbocycles. The van der Waals surface area contributed by atoms with Gasteiger partial charge in [-0.3, -0.25) is 0 Å². The van der Waals surface area contributed by atoms with E-state index < -0.39 is 0 Å². The highest BCUT2D eigenvalue weighted by molar-refractivity contribution is 9.10. The second-order valence-electron chi connectivity index (χ2n) is 5.12. The van der Waals surface area contributed by atoms with Crippen molar-refractivity contribution in [3.05, 3.63) is 58.1 Å². The molecule has 0 unspecified atom stereocenters. The third-order valence-electron chi connectivity index (χ3n) is 3.40. The fourth-order valence-corrected chi connectivity index (χ4v) is 2.74. The second kappa shape index (κ2) is 6.80. The first-order valence-corrected chi connectivity index (χ1v) is 7.64. The Labute approximate surface area is 129 Å². The largest absolute Gasteiger partial charge is 0.382 e. The minimum Gasteiger partial charge on any atom is -0.382 e. The van der Waals surface area contributed by atoms with Crippen molar-refractivity contribution < 1.29 is 0 Å². The van der Waals surface area contributed by atoms with Gasteiger partial charge in [-0.2, -0.15) is 0 Å². The fraction of sp³-hybridized carbons (Fsp3) is 0.294. The van der Waals surface area contributed by atoms with Crippen LogP contribution in [-0.4, -0.2) is 20.1 Å². The molecule has 0 saturated heterocycles. The summed E-state index contributed by atoms with van der Waals surface area (Å²) in [6, 6.07) is 14.8. The first kappa shape index (κ1) is 14.9. The number of hydrogen-bond donors (Lipinski definition) is 1. The quantitative estimate of drug-likeness (QED) is 0.859. The summed E-state index contributed by atoms with van der Waals surface area (Å²) in [5, 5.41) is 3.46. The lowest BCUT2D eigenvalue weighted by molar-refractivity contribution is 0.909. The summed E-state index contributed by atoms with van der Waals surface area (Å²) in [4.78, 5) is 2.29. The van der Waals surface area contributed by atoms with Crippen LogP contribution in [-0.2, 0) is 0 Å². The number of rotatable bonds is 5. The molecule has 0 saturated carbocycles. The van der Waals surface area contributed by atoms with Crippen molar-refractivity contribution in [2.45, 2.75) is 13.8 Å². The van der Waals surface area contributed by atoms with Crippen LogP contribution in [0.3, 0.4) is 0 Å². The molecule has 2 aromatic rings. The van der Waals surface area contributed by atoms with E-state index in [2.05, 4.69) is 77.4 Å². The van der Waals surface area contributed by atoms with Crippen molar-refractivity contribution in [1.29, 1.82) is 0 Å². The summed E-state index contributed by atoms with van der Waals surface area (Å²) in [7, 11) is 2.14. The van der Waals surface area contributed by atoms with E-state index >= 15 is 0 Å². The first-order valence-electron chi connectivity index (χ1n) is 6.84. The lowest BCUT2D eigenvalue weighted by Crippen LogP contribution is -2.25. The van der Waals surface area contributed by atoms with E-state index in [1.54, 1.807) is 0 Å². The first-order chi connectivity index (χ1) is 9.58. The summed E-state index contributed by atoms with van der Waals surface area (Å²) in [6.45, 7) is 6.17. The molecule has 0 fully saturated rings. The Morgan fingerprint density at radius 3 is 2.55 bits per heavy atom. The number of para-hydroxylation sites is 1. The van der Waals surface area contributed by atoms with Gasteiger partial charge >= 0.3 is 0 Å². The van der Waals surface area contributed by atoms with E-state index in [4.69, 9.17) is 0 Å². The van der Waals surface area contributed by atoms with Crippen LogP contribution in [0.2, 0.25) is 0 Å². The van der Waals surface area contributed by atoms with E-state index in [-0.39, 0.29) is 0 Å². The Hall–Kier alpha value is -1.48. The number of halogens is 1. The van der Waals surface area contributed by atoms with Crippen LogP contribution in [0.15, 0.2) is 46.9 Å². The molecule has 0 bridgehead atoms. The van der Waals surface area contributed by atoms with E-state index in [9.17, 15) is 0 Å². The van der Waals surface area contributed by atoms with Gasteiger partial charge in [0.25, 0.3) is 0 Å². The van der Waals surface area contributed by atoms with Crippen LogP contribution in [0.4, 0.5) is 11.4 Å². The Balaban J connectivity index is 1.92. The van der Waals surface area contributed by atoms with E-state index in [0.717, 1.165) is 23.2 Å². The number of likely N-dealkylation sites (N-methyl/N-ethyl adjacent to an activating group) is 1. The number of aryl methyl sites for hydroxylation is 2. The molecule has 0 aromatic heterocycles. The van der Waals surface area contributed by atoms with E-state index in [1.807, 2.05) is 12.1 Å². The highest BCUT2D eigenvalue weighted by atomic mass is 79.9. The maximum absolute atomic E-state index is 3.55. The van der Waals surface area contributed by atoms with Crippen molar-refractivity contribution in [3.63, 3.8) is 0 Å². The van der Waals surface area contributed by atoms with E-state index in [0.29, 0.717) is 0 Å². The monoisotopic (exact) mass is 332 g/mol. The second-order valence-corrected chi connectivity index (χ2v) is 5.97. The molecule has 0 atom stereocenters. The van der Waals surface area contributed by atoms with Crippen LogP contribution < -0.4 is 10.2 Å². The SMILES string of the molecule is Cc1ccc(N(C)CCNc2ccccc2Br)c(C)c1. The Morgan fingerprint density at radius 2 is 1.85 bits per heavy atom. The molecule has 0 aliphatic rings. The molecule has 2 nitrogen and oxygen atoms in total. The number of benzene rings is 2. The van der Waals surface area contributed by atoms with Crippen LogP contribution in [0.5, 0.6) is 0 Å². The van der Waals surface area contributed by atoms with Crippen molar-refractivity contribution >= 4 is 27.3 Å². The standard InChI is InChI=1S/C17H21BrN2/c1-13-8-9-17(14(2)12-13)20(3)11-10-19-16-7-5-4-6-15(16)18/h4-9,12,19H,10-11H2,1-3H3. The minimum absolute atomic E-state index is 0.909. The zero-order valence-corrected chi connectivity index (χ0v) is 13.9. The maximum atomic E-state index is 3.55. The van der Waals surface area contributed by atoms with Crippen molar-refractivity contribution in [2.75, 3.05) is 30.4 Å². The predicted octanol–water partition coefficient (Wildman–Crippen LogP) is 4.61. The highest BCUT2D eigenvalue weighted by Gasteiger charge is 2.04. The van der Waals surface area contributed by atoms with Gasteiger partial charge in [0.15, 0.2) is 0 Å². The molecule has 1 N–H and O–H groups in total. The molecule has 3 heteroatoms. The topological polar surface area (TPSA) is 15.3 Å². The van der Waals surface area contributed by atoms with Crippen LogP contribution in [0.25, 0.3) is 0 Å². The molecule has 0 amide bonds. The Morgan fingerprint density at radius 1 is 1.10 bits per heavy atom. The molecule has 0 heterocycles. The van der Waals surface area contributed by atoms with Crippen LogP contribution >= 0.6 is 15.9 Å². The van der Waals surface area contributed by atoms with Crippen molar-refractivity contribution in [1.82, 2.24) is 0 Å². The number of nitrogens with zero attached hydrogens (tertiary/aromatic N) is 1. The third kappa shape index (κ3) is 3.76. The Kier molecular flexibility index (Phi) is 5.07. The summed E-state index contributed by atoms with van der Waals surface area (Å²) in [5.74, 6) is 0. The molecule has 0 aliphatic carbocycles. The molecular formula is C17H21BrN2. The van der Waals surface area contributed by atoms with Gasteiger partial charge in [-0.1, -0.05) is 29.8 Å².